The molecule has 6 heteroatoms. The Hall–Kier alpha value is -2.63. The van der Waals surface area contributed by atoms with Crippen LogP contribution in [0.1, 0.15) is 24.0 Å². The van der Waals surface area contributed by atoms with Crippen molar-refractivity contribution >= 4 is 11.8 Å². The van der Waals surface area contributed by atoms with Gasteiger partial charge < -0.3 is 15.5 Å². The highest BCUT2D eigenvalue weighted by molar-refractivity contribution is 5.73. The van der Waals surface area contributed by atoms with E-state index in [9.17, 15) is 9.18 Å². The molecule has 1 aliphatic heterocycles. The Labute approximate surface area is 147 Å². The molecule has 2 N–H and O–H groups in total. The van der Waals surface area contributed by atoms with Gasteiger partial charge in [0.15, 0.2) is 0 Å². The third-order valence-electron chi connectivity index (χ3n) is 4.28. The van der Waals surface area contributed by atoms with E-state index < -0.39 is 0 Å². The van der Waals surface area contributed by atoms with Gasteiger partial charge in [0.1, 0.15) is 11.6 Å². The molecule has 2 aromatic rings. The van der Waals surface area contributed by atoms with Crippen molar-refractivity contribution in [1.29, 1.82) is 0 Å². The Bertz CT molecular complexity index is 716. The van der Waals surface area contributed by atoms with Gasteiger partial charge in [-0.05, 0) is 54.7 Å². The molecule has 0 bridgehead atoms. The lowest BCUT2D eigenvalue weighted by molar-refractivity contribution is 0.240. The lowest BCUT2D eigenvalue weighted by Gasteiger charge is -2.17. The van der Waals surface area contributed by atoms with Crippen molar-refractivity contribution in [3.05, 3.63) is 59.5 Å². The summed E-state index contributed by atoms with van der Waals surface area (Å²) >= 11 is 0. The molecule has 25 heavy (non-hydrogen) atoms. The zero-order valence-electron chi connectivity index (χ0n) is 14.2. The molecule has 1 saturated heterocycles. The molecule has 132 valence electrons. The SMILES string of the molecule is O=C(NCCc1cccc(F)c1)NCc1ccnc(N2CCCC2)c1. The van der Waals surface area contributed by atoms with Crippen LogP contribution >= 0.6 is 0 Å². The summed E-state index contributed by atoms with van der Waals surface area (Å²) in [6.07, 6.45) is 4.79. The Kier molecular flexibility index (Phi) is 5.82. The first-order chi connectivity index (χ1) is 12.2. The number of hydrogen-bond acceptors (Lipinski definition) is 3. The van der Waals surface area contributed by atoms with E-state index in [2.05, 4.69) is 20.5 Å². The number of halogens is 1. The predicted molar refractivity (Wildman–Crippen MR) is 96.0 cm³/mol. The summed E-state index contributed by atoms with van der Waals surface area (Å²) in [5.41, 5.74) is 1.89. The lowest BCUT2D eigenvalue weighted by Crippen LogP contribution is -2.36. The van der Waals surface area contributed by atoms with Crippen molar-refractivity contribution in [2.45, 2.75) is 25.8 Å². The molecule has 0 aliphatic carbocycles. The van der Waals surface area contributed by atoms with Gasteiger partial charge in [0.05, 0.1) is 0 Å². The summed E-state index contributed by atoms with van der Waals surface area (Å²) in [4.78, 5) is 18.6. The number of rotatable bonds is 6. The zero-order chi connectivity index (χ0) is 17.5. The maximum Gasteiger partial charge on any atom is 0.315 e. The molecule has 5 nitrogen and oxygen atoms in total. The third kappa shape index (κ3) is 5.17. The monoisotopic (exact) mass is 342 g/mol. The first-order valence-electron chi connectivity index (χ1n) is 8.67. The van der Waals surface area contributed by atoms with Crippen LogP contribution in [-0.4, -0.2) is 30.6 Å². The quantitative estimate of drug-likeness (QED) is 0.849. The summed E-state index contributed by atoms with van der Waals surface area (Å²) in [7, 11) is 0. The van der Waals surface area contributed by atoms with Gasteiger partial charge in [0.2, 0.25) is 0 Å². The minimum absolute atomic E-state index is 0.226. The lowest BCUT2D eigenvalue weighted by atomic mass is 10.1. The molecule has 0 atom stereocenters. The highest BCUT2D eigenvalue weighted by atomic mass is 19.1. The normalized spacial score (nSPS) is 13.7. The zero-order valence-corrected chi connectivity index (χ0v) is 14.2. The van der Waals surface area contributed by atoms with E-state index >= 15 is 0 Å². The second-order valence-corrected chi connectivity index (χ2v) is 6.21. The van der Waals surface area contributed by atoms with E-state index in [0.717, 1.165) is 30.0 Å². The van der Waals surface area contributed by atoms with Crippen molar-refractivity contribution in [2.75, 3.05) is 24.5 Å². The average Bonchev–Trinajstić information content (AvgIpc) is 3.15. The molecule has 1 aromatic heterocycles. The van der Waals surface area contributed by atoms with Crippen LogP contribution < -0.4 is 15.5 Å². The number of benzene rings is 1. The van der Waals surface area contributed by atoms with E-state index in [1.165, 1.54) is 25.0 Å². The Morgan fingerprint density at radius 3 is 2.76 bits per heavy atom. The highest BCUT2D eigenvalue weighted by Gasteiger charge is 2.13. The fourth-order valence-electron chi connectivity index (χ4n) is 2.95. The number of hydrogen-bond donors (Lipinski definition) is 2. The van der Waals surface area contributed by atoms with Crippen LogP contribution in [-0.2, 0) is 13.0 Å². The van der Waals surface area contributed by atoms with Gasteiger partial charge in [-0.1, -0.05) is 12.1 Å². The summed E-state index contributed by atoms with van der Waals surface area (Å²) in [6, 6.07) is 10.1. The van der Waals surface area contributed by atoms with E-state index in [-0.39, 0.29) is 11.8 Å². The molecule has 3 rings (SSSR count). The van der Waals surface area contributed by atoms with Crippen LogP contribution in [0.15, 0.2) is 42.6 Å². The fraction of sp³-hybridized carbons (Fsp3) is 0.368. The number of pyridine rings is 1. The molecule has 2 heterocycles. The van der Waals surface area contributed by atoms with E-state index in [1.807, 2.05) is 18.2 Å². The molecular weight excluding hydrogens is 319 g/mol. The molecule has 0 unspecified atom stereocenters. The van der Waals surface area contributed by atoms with Crippen LogP contribution in [0.3, 0.4) is 0 Å². The molecule has 1 fully saturated rings. The second-order valence-electron chi connectivity index (χ2n) is 6.21. The number of aromatic nitrogens is 1. The van der Waals surface area contributed by atoms with Crippen molar-refractivity contribution in [3.63, 3.8) is 0 Å². The maximum atomic E-state index is 13.1. The second kappa shape index (κ2) is 8.46. The van der Waals surface area contributed by atoms with Gasteiger partial charge in [-0.3, -0.25) is 0 Å². The molecule has 0 saturated carbocycles. The smallest absolute Gasteiger partial charge is 0.315 e. The maximum absolute atomic E-state index is 13.1. The van der Waals surface area contributed by atoms with Gasteiger partial charge >= 0.3 is 6.03 Å². The Morgan fingerprint density at radius 2 is 1.96 bits per heavy atom. The van der Waals surface area contributed by atoms with E-state index in [0.29, 0.717) is 19.5 Å². The molecule has 1 aliphatic rings. The average molecular weight is 342 g/mol. The molecule has 1 aromatic carbocycles. The van der Waals surface area contributed by atoms with Gasteiger partial charge in [-0.2, -0.15) is 0 Å². The fourth-order valence-corrected chi connectivity index (χ4v) is 2.95. The first kappa shape index (κ1) is 17.2. The third-order valence-corrected chi connectivity index (χ3v) is 4.28. The van der Waals surface area contributed by atoms with Gasteiger partial charge in [0.25, 0.3) is 0 Å². The Balaban J connectivity index is 1.42. The summed E-state index contributed by atoms with van der Waals surface area (Å²) in [5.74, 6) is 0.719. The largest absolute Gasteiger partial charge is 0.357 e. The minimum atomic E-state index is -0.256. The van der Waals surface area contributed by atoms with Crippen molar-refractivity contribution < 1.29 is 9.18 Å². The molecule has 0 radical (unpaired) electrons. The minimum Gasteiger partial charge on any atom is -0.357 e. The number of urea groups is 1. The number of carbonyl (C=O) groups excluding carboxylic acids is 1. The topological polar surface area (TPSA) is 57.3 Å². The van der Waals surface area contributed by atoms with Gasteiger partial charge in [-0.25, -0.2) is 14.2 Å². The number of nitrogens with one attached hydrogen (secondary N) is 2. The van der Waals surface area contributed by atoms with Gasteiger partial charge in [-0.15, -0.1) is 0 Å². The summed E-state index contributed by atoms with van der Waals surface area (Å²) in [6.45, 7) is 3.01. The number of anilines is 1. The van der Waals surface area contributed by atoms with Crippen LogP contribution in [0.25, 0.3) is 0 Å². The van der Waals surface area contributed by atoms with Crippen LogP contribution in [0.2, 0.25) is 0 Å². The Morgan fingerprint density at radius 1 is 1.12 bits per heavy atom. The van der Waals surface area contributed by atoms with E-state index in [1.54, 1.807) is 12.3 Å². The number of carbonyl (C=O) groups is 1. The highest BCUT2D eigenvalue weighted by Crippen LogP contribution is 2.18. The molecule has 2 amide bonds. The van der Waals surface area contributed by atoms with Crippen LogP contribution in [0.4, 0.5) is 15.0 Å². The van der Waals surface area contributed by atoms with Crippen molar-refractivity contribution in [3.8, 4) is 0 Å². The van der Waals surface area contributed by atoms with E-state index in [4.69, 9.17) is 0 Å². The van der Waals surface area contributed by atoms with Crippen LogP contribution in [0, 0.1) is 5.82 Å². The predicted octanol–water partition coefficient (Wildman–Crippen LogP) is 2.86. The first-order valence-corrected chi connectivity index (χ1v) is 8.67. The standard InChI is InChI=1S/C19H23FN4O/c20-17-5-3-4-15(12-17)6-9-22-19(25)23-14-16-7-8-21-18(13-16)24-10-1-2-11-24/h3-5,7-8,12-13H,1-2,6,9-11,14H2,(H2,22,23,25). The van der Waals surface area contributed by atoms with Crippen molar-refractivity contribution in [2.24, 2.45) is 0 Å². The number of amides is 2. The molecule has 0 spiro atoms. The summed E-state index contributed by atoms with van der Waals surface area (Å²) < 4.78 is 13.1. The number of nitrogens with zero attached hydrogens (tertiary/aromatic N) is 2. The van der Waals surface area contributed by atoms with Crippen molar-refractivity contribution in [1.82, 2.24) is 15.6 Å². The summed E-state index contributed by atoms with van der Waals surface area (Å²) in [5, 5.41) is 5.64. The molecular formula is C19H23FN4O. The van der Waals surface area contributed by atoms with Crippen LogP contribution in [0.5, 0.6) is 0 Å². The van der Waals surface area contributed by atoms with Gasteiger partial charge in [0, 0.05) is 32.4 Å².